The molecule has 0 saturated heterocycles. The third-order valence-corrected chi connectivity index (χ3v) is 1.03. The lowest BCUT2D eigenvalue weighted by Gasteiger charge is -2.11. The van der Waals surface area contributed by atoms with Gasteiger partial charge in [0.05, 0.1) is 6.23 Å². The Morgan fingerprint density at radius 2 is 1.88 bits per heavy atom. The van der Waals surface area contributed by atoms with E-state index in [9.17, 15) is 0 Å². The average molecular weight is 139 g/mol. The van der Waals surface area contributed by atoms with Gasteiger partial charge < -0.3 is 24.5 Å². The fraction of sp³-hybridized carbons (Fsp3) is 1.00. The Bertz CT molecular complexity index is 68.9. The highest BCUT2D eigenvalue weighted by molar-refractivity contribution is 6.48. The molecule has 5 nitrogen and oxygen atoms in total. The Kier molecular flexibility index (Phi) is 2.54. The number of nitrogens with two attached hydrogens (primary N) is 1. The number of rotatable bonds is 2. The van der Waals surface area contributed by atoms with Gasteiger partial charge in [-0.05, 0) is 6.92 Å². The van der Waals surface area contributed by atoms with Gasteiger partial charge in [0.25, 0.3) is 0 Å². The zero-order valence-electron chi connectivity index (χ0n) is 4.40. The Hall–Kier alpha value is 0.0169. The summed E-state index contributed by atoms with van der Waals surface area (Å²) in [6.45, 7) is 1.38. The summed E-state index contributed by atoms with van der Waals surface area (Å²) in [5.74, 6) is 0. The lowest BCUT2D eigenvalue weighted by molar-refractivity contribution is 0.0324. The van der Waals surface area contributed by atoms with Crippen molar-refractivity contribution in [3.63, 3.8) is 0 Å². The standard InChI is InChI=1S/C2H9NO4Si/c1-2(3)7-8(4,5)6/h2,4-6H,3H2,1H3. The fourth-order valence-corrected chi connectivity index (χ4v) is 0.748. The van der Waals surface area contributed by atoms with Crippen molar-refractivity contribution in [2.75, 3.05) is 0 Å². The molecule has 0 aromatic heterocycles. The maximum Gasteiger partial charge on any atom is 0.672 e. The molecule has 50 valence electrons. The van der Waals surface area contributed by atoms with E-state index in [1.807, 2.05) is 0 Å². The molecule has 0 bridgehead atoms. The van der Waals surface area contributed by atoms with Crippen LogP contribution in [0.25, 0.3) is 0 Å². The molecule has 0 rings (SSSR count). The van der Waals surface area contributed by atoms with Crippen molar-refractivity contribution in [3.05, 3.63) is 0 Å². The number of hydrogen-bond donors (Lipinski definition) is 4. The van der Waals surface area contributed by atoms with E-state index in [2.05, 4.69) is 4.43 Å². The van der Waals surface area contributed by atoms with Crippen molar-refractivity contribution >= 4 is 9.05 Å². The topological polar surface area (TPSA) is 95.9 Å². The minimum Gasteiger partial charge on any atom is -0.368 e. The first-order valence-electron chi connectivity index (χ1n) is 2.02. The van der Waals surface area contributed by atoms with E-state index in [1.54, 1.807) is 0 Å². The van der Waals surface area contributed by atoms with E-state index in [0.29, 0.717) is 0 Å². The normalized spacial score (nSPS) is 16.1. The second-order valence-electron chi connectivity index (χ2n) is 1.40. The van der Waals surface area contributed by atoms with Gasteiger partial charge in [0.15, 0.2) is 0 Å². The van der Waals surface area contributed by atoms with Crippen LogP contribution < -0.4 is 5.73 Å². The zero-order chi connectivity index (χ0) is 6.78. The molecule has 0 aromatic rings. The molecule has 0 aliphatic carbocycles. The first-order chi connectivity index (χ1) is 3.42. The van der Waals surface area contributed by atoms with Gasteiger partial charge in [-0.1, -0.05) is 0 Å². The maximum absolute atomic E-state index is 8.14. The molecular formula is C2H9NO4Si. The molecule has 8 heavy (non-hydrogen) atoms. The first kappa shape index (κ1) is 8.02. The minimum absolute atomic E-state index is 0.846. The minimum atomic E-state index is -4.35. The molecule has 0 spiro atoms. The van der Waals surface area contributed by atoms with Gasteiger partial charge in [0.2, 0.25) is 0 Å². The van der Waals surface area contributed by atoms with Crippen LogP contribution >= 0.6 is 0 Å². The Balaban J connectivity index is 3.39. The summed E-state index contributed by atoms with van der Waals surface area (Å²) in [6.07, 6.45) is -0.846. The third kappa shape index (κ3) is 6.02. The van der Waals surface area contributed by atoms with Gasteiger partial charge in [-0.15, -0.1) is 0 Å². The van der Waals surface area contributed by atoms with Crippen LogP contribution in [0.5, 0.6) is 0 Å². The fourth-order valence-electron chi connectivity index (χ4n) is 0.249. The van der Waals surface area contributed by atoms with E-state index in [1.165, 1.54) is 6.92 Å². The summed E-state index contributed by atoms with van der Waals surface area (Å²) in [5.41, 5.74) is 4.91. The largest absolute Gasteiger partial charge is 0.672 e. The highest BCUT2D eigenvalue weighted by Gasteiger charge is 2.31. The highest BCUT2D eigenvalue weighted by Crippen LogP contribution is 1.90. The van der Waals surface area contributed by atoms with Crippen LogP contribution in [0.1, 0.15) is 6.92 Å². The summed E-state index contributed by atoms with van der Waals surface area (Å²) in [4.78, 5) is 24.4. The first-order valence-corrected chi connectivity index (χ1v) is 3.77. The second kappa shape index (κ2) is 2.53. The van der Waals surface area contributed by atoms with Crippen molar-refractivity contribution in [3.8, 4) is 0 Å². The Labute approximate surface area is 47.8 Å². The predicted molar refractivity (Wildman–Crippen MR) is 27.1 cm³/mol. The summed E-state index contributed by atoms with van der Waals surface area (Å²) in [5, 5.41) is 0. The third-order valence-electron chi connectivity index (χ3n) is 0.344. The maximum atomic E-state index is 8.14. The average Bonchev–Trinajstić information content (AvgIpc) is 1.21. The van der Waals surface area contributed by atoms with E-state index in [4.69, 9.17) is 20.1 Å². The van der Waals surface area contributed by atoms with Crippen LogP contribution in [-0.4, -0.2) is 29.7 Å². The van der Waals surface area contributed by atoms with E-state index >= 15 is 0 Å². The molecule has 0 amide bonds. The van der Waals surface area contributed by atoms with Crippen LogP contribution in [0.2, 0.25) is 0 Å². The summed E-state index contributed by atoms with van der Waals surface area (Å²) < 4.78 is 4.02. The van der Waals surface area contributed by atoms with Gasteiger partial charge >= 0.3 is 9.05 Å². The van der Waals surface area contributed by atoms with Crippen molar-refractivity contribution in [1.82, 2.24) is 0 Å². The monoisotopic (exact) mass is 139 g/mol. The molecule has 6 heteroatoms. The summed E-state index contributed by atoms with van der Waals surface area (Å²) >= 11 is 0. The highest BCUT2D eigenvalue weighted by atomic mass is 28.4. The molecular weight excluding hydrogens is 130 g/mol. The zero-order valence-corrected chi connectivity index (χ0v) is 5.40. The van der Waals surface area contributed by atoms with Gasteiger partial charge in [-0.2, -0.15) is 0 Å². The molecule has 5 N–H and O–H groups in total. The molecule has 0 radical (unpaired) electrons. The van der Waals surface area contributed by atoms with Crippen LogP contribution in [0, 0.1) is 0 Å². The Morgan fingerprint density at radius 3 is 1.88 bits per heavy atom. The van der Waals surface area contributed by atoms with Gasteiger partial charge in [-0.3, -0.25) is 0 Å². The van der Waals surface area contributed by atoms with Gasteiger partial charge in [0.1, 0.15) is 0 Å². The van der Waals surface area contributed by atoms with Gasteiger partial charge in [-0.25, -0.2) is 0 Å². The molecule has 0 heterocycles. The molecule has 0 saturated carbocycles. The van der Waals surface area contributed by atoms with Crippen LogP contribution in [0.3, 0.4) is 0 Å². The van der Waals surface area contributed by atoms with Crippen molar-refractivity contribution in [2.24, 2.45) is 5.73 Å². The van der Waals surface area contributed by atoms with E-state index in [-0.39, 0.29) is 0 Å². The van der Waals surface area contributed by atoms with Gasteiger partial charge in [0, 0.05) is 0 Å². The smallest absolute Gasteiger partial charge is 0.368 e. The summed E-state index contributed by atoms with van der Waals surface area (Å²) in [7, 11) is -4.35. The molecule has 1 unspecified atom stereocenters. The van der Waals surface area contributed by atoms with E-state index < -0.39 is 15.3 Å². The van der Waals surface area contributed by atoms with Crippen molar-refractivity contribution in [2.45, 2.75) is 13.2 Å². The van der Waals surface area contributed by atoms with E-state index in [0.717, 1.165) is 0 Å². The van der Waals surface area contributed by atoms with Crippen LogP contribution in [-0.2, 0) is 4.43 Å². The lowest BCUT2D eigenvalue weighted by atomic mass is 10.7. The lowest BCUT2D eigenvalue weighted by Crippen LogP contribution is -2.44. The molecule has 1 atom stereocenters. The SMILES string of the molecule is CC(N)O[Si](O)(O)O. The van der Waals surface area contributed by atoms with Crippen molar-refractivity contribution < 1.29 is 18.8 Å². The second-order valence-corrected chi connectivity index (χ2v) is 2.78. The van der Waals surface area contributed by atoms with Crippen LogP contribution in [0.4, 0.5) is 0 Å². The molecule has 0 fully saturated rings. The molecule has 0 aliphatic heterocycles. The predicted octanol–water partition coefficient (Wildman–Crippen LogP) is -2.28. The summed E-state index contributed by atoms with van der Waals surface area (Å²) in [6, 6.07) is 0. The number of hydrogen-bond acceptors (Lipinski definition) is 5. The quantitative estimate of drug-likeness (QED) is 0.255. The van der Waals surface area contributed by atoms with Crippen molar-refractivity contribution in [1.29, 1.82) is 0 Å². The molecule has 0 aliphatic rings. The molecule has 0 aromatic carbocycles. The van der Waals surface area contributed by atoms with Crippen LogP contribution in [0.15, 0.2) is 0 Å². The Morgan fingerprint density at radius 1 is 1.50 bits per heavy atom.